The zero-order chi connectivity index (χ0) is 24.5. The van der Waals surface area contributed by atoms with Crippen LogP contribution < -0.4 is 19.5 Å². The summed E-state index contributed by atoms with van der Waals surface area (Å²) >= 11 is 1.55. The summed E-state index contributed by atoms with van der Waals surface area (Å²) in [7, 11) is 4.64. The molecule has 1 aromatic carbocycles. The van der Waals surface area contributed by atoms with E-state index in [1.54, 1.807) is 49.7 Å². The van der Waals surface area contributed by atoms with E-state index in [0.717, 1.165) is 43.4 Å². The Hall–Kier alpha value is -2.74. The molecule has 1 saturated carbocycles. The van der Waals surface area contributed by atoms with Gasteiger partial charge in [-0.2, -0.15) is 0 Å². The van der Waals surface area contributed by atoms with E-state index in [9.17, 15) is 9.59 Å². The Labute approximate surface area is 206 Å². The van der Waals surface area contributed by atoms with E-state index in [1.807, 2.05) is 17.5 Å². The second-order valence-corrected chi connectivity index (χ2v) is 9.58. The zero-order valence-corrected chi connectivity index (χ0v) is 21.4. The highest BCUT2D eigenvalue weighted by molar-refractivity contribution is 7.10. The summed E-state index contributed by atoms with van der Waals surface area (Å²) in [5, 5.41) is 5.17. The second-order valence-electron chi connectivity index (χ2n) is 8.55. The Kier molecular flexibility index (Phi) is 9.62. The van der Waals surface area contributed by atoms with Gasteiger partial charge in [0.25, 0.3) is 0 Å². The third-order valence-electron chi connectivity index (χ3n) is 6.24. The van der Waals surface area contributed by atoms with Crippen LogP contribution in [-0.2, 0) is 16.0 Å². The number of carbonyl (C=O) groups excluding carboxylic acids is 2. The van der Waals surface area contributed by atoms with Gasteiger partial charge in [0.2, 0.25) is 17.6 Å². The zero-order valence-electron chi connectivity index (χ0n) is 20.6. The summed E-state index contributed by atoms with van der Waals surface area (Å²) in [4.78, 5) is 30.0. The molecule has 1 heterocycles. The minimum Gasteiger partial charge on any atom is -0.493 e. The van der Waals surface area contributed by atoms with E-state index >= 15 is 0 Å². The molecule has 2 aromatic rings. The number of amides is 2. The molecule has 0 saturated heterocycles. The molecule has 1 N–H and O–H groups in total. The third kappa shape index (κ3) is 6.23. The van der Waals surface area contributed by atoms with E-state index in [2.05, 4.69) is 12.2 Å². The van der Waals surface area contributed by atoms with E-state index in [1.165, 1.54) is 0 Å². The molecule has 0 radical (unpaired) electrons. The maximum absolute atomic E-state index is 13.7. The SMILES string of the molecule is CCCCN(C(=O)Cc1cccs1)[C@H](C(=O)NC1CCCC1)c1cc(OC)c(OC)c(OC)c1. The van der Waals surface area contributed by atoms with Crippen molar-refractivity contribution in [3.05, 3.63) is 40.1 Å². The molecule has 0 bridgehead atoms. The van der Waals surface area contributed by atoms with Gasteiger partial charge in [-0.25, -0.2) is 0 Å². The first-order valence-electron chi connectivity index (χ1n) is 11.9. The van der Waals surface area contributed by atoms with Crippen LogP contribution in [0.25, 0.3) is 0 Å². The van der Waals surface area contributed by atoms with Crippen LogP contribution in [0.2, 0.25) is 0 Å². The number of carbonyl (C=O) groups is 2. The molecule has 1 atom stereocenters. The van der Waals surface area contributed by atoms with Crippen molar-refractivity contribution in [1.29, 1.82) is 0 Å². The molecule has 0 aliphatic heterocycles. The summed E-state index contributed by atoms with van der Waals surface area (Å²) in [6.45, 7) is 2.56. The number of thiophene rings is 1. The van der Waals surface area contributed by atoms with Crippen LogP contribution in [0.3, 0.4) is 0 Å². The number of nitrogens with zero attached hydrogens (tertiary/aromatic N) is 1. The lowest BCUT2D eigenvalue weighted by molar-refractivity contribution is -0.140. The van der Waals surface area contributed by atoms with Crippen molar-refractivity contribution in [3.63, 3.8) is 0 Å². The van der Waals surface area contributed by atoms with Crippen LogP contribution in [-0.4, -0.2) is 50.6 Å². The van der Waals surface area contributed by atoms with Crippen LogP contribution in [0.5, 0.6) is 17.2 Å². The predicted molar refractivity (Wildman–Crippen MR) is 134 cm³/mol. The molecule has 1 aliphatic carbocycles. The van der Waals surface area contributed by atoms with Crippen molar-refractivity contribution >= 4 is 23.2 Å². The lowest BCUT2D eigenvalue weighted by atomic mass is 10.0. The van der Waals surface area contributed by atoms with Gasteiger partial charge < -0.3 is 24.4 Å². The Balaban J connectivity index is 2.04. The van der Waals surface area contributed by atoms with Gasteiger partial charge in [0.1, 0.15) is 6.04 Å². The highest BCUT2D eigenvalue weighted by Gasteiger charge is 2.34. The topological polar surface area (TPSA) is 77.1 Å². The van der Waals surface area contributed by atoms with Crippen LogP contribution in [0.1, 0.15) is 61.9 Å². The van der Waals surface area contributed by atoms with E-state index in [-0.39, 0.29) is 24.3 Å². The molecule has 1 aromatic heterocycles. The molecule has 186 valence electrons. The number of unbranched alkanes of at least 4 members (excludes halogenated alkanes) is 1. The Morgan fingerprint density at radius 2 is 1.79 bits per heavy atom. The normalized spacial score (nSPS) is 14.5. The molecular weight excluding hydrogens is 452 g/mol. The highest BCUT2D eigenvalue weighted by atomic mass is 32.1. The molecule has 2 amide bonds. The van der Waals surface area contributed by atoms with Gasteiger partial charge in [-0.1, -0.05) is 32.3 Å². The predicted octanol–water partition coefficient (Wildman–Crippen LogP) is 4.75. The van der Waals surface area contributed by atoms with Gasteiger partial charge in [-0.15, -0.1) is 11.3 Å². The summed E-state index contributed by atoms with van der Waals surface area (Å²) in [5.41, 5.74) is 0.639. The largest absolute Gasteiger partial charge is 0.493 e. The van der Waals surface area contributed by atoms with Gasteiger partial charge in [-0.3, -0.25) is 9.59 Å². The minimum atomic E-state index is -0.798. The molecule has 1 fully saturated rings. The standard InChI is InChI=1S/C26H36N2O5S/c1-5-6-13-28(23(29)17-20-12-9-14-34-20)24(26(30)27-19-10-7-8-11-19)18-15-21(31-2)25(33-4)22(16-18)32-3/h9,12,14-16,19,24H,5-8,10-11,13,17H2,1-4H3,(H,27,30)/t24-/m0/s1. The van der Waals surface area contributed by atoms with Crippen LogP contribution in [0, 0.1) is 0 Å². The smallest absolute Gasteiger partial charge is 0.247 e. The number of benzene rings is 1. The second kappa shape index (κ2) is 12.6. The van der Waals surface area contributed by atoms with Crippen molar-refractivity contribution in [2.24, 2.45) is 0 Å². The Bertz CT molecular complexity index is 916. The van der Waals surface area contributed by atoms with E-state index in [0.29, 0.717) is 29.4 Å². The average Bonchev–Trinajstić information content (AvgIpc) is 3.55. The van der Waals surface area contributed by atoms with Crippen LogP contribution >= 0.6 is 11.3 Å². The van der Waals surface area contributed by atoms with Gasteiger partial charge in [-0.05, 0) is 48.4 Å². The number of ether oxygens (including phenoxy) is 3. The van der Waals surface area contributed by atoms with Crippen molar-refractivity contribution < 1.29 is 23.8 Å². The van der Waals surface area contributed by atoms with Gasteiger partial charge in [0.05, 0.1) is 27.8 Å². The lowest BCUT2D eigenvalue weighted by Gasteiger charge is -2.33. The Morgan fingerprint density at radius 3 is 2.32 bits per heavy atom. The highest BCUT2D eigenvalue weighted by Crippen LogP contribution is 2.41. The van der Waals surface area contributed by atoms with Crippen molar-refractivity contribution in [2.45, 2.75) is 64.0 Å². The minimum absolute atomic E-state index is 0.0729. The van der Waals surface area contributed by atoms with Crippen LogP contribution in [0.4, 0.5) is 0 Å². The molecule has 7 nitrogen and oxygen atoms in total. The van der Waals surface area contributed by atoms with Gasteiger partial charge >= 0.3 is 0 Å². The van der Waals surface area contributed by atoms with E-state index < -0.39 is 6.04 Å². The average molecular weight is 489 g/mol. The Morgan fingerprint density at radius 1 is 1.12 bits per heavy atom. The molecule has 0 spiro atoms. The van der Waals surface area contributed by atoms with Crippen LogP contribution in [0.15, 0.2) is 29.6 Å². The maximum atomic E-state index is 13.7. The maximum Gasteiger partial charge on any atom is 0.247 e. The molecule has 1 aliphatic rings. The summed E-state index contributed by atoms with van der Waals surface area (Å²) in [6.07, 6.45) is 6.12. The first-order chi connectivity index (χ1) is 16.5. The molecular formula is C26H36N2O5S. The molecule has 0 unspecified atom stereocenters. The monoisotopic (exact) mass is 488 g/mol. The fourth-order valence-corrected chi connectivity index (χ4v) is 5.17. The number of hydrogen-bond acceptors (Lipinski definition) is 6. The van der Waals surface area contributed by atoms with Crippen molar-refractivity contribution in [3.8, 4) is 17.2 Å². The summed E-state index contributed by atoms with van der Waals surface area (Å²) in [6, 6.07) is 6.78. The number of nitrogens with one attached hydrogen (secondary N) is 1. The van der Waals surface area contributed by atoms with Crippen molar-refractivity contribution in [1.82, 2.24) is 10.2 Å². The number of hydrogen-bond donors (Lipinski definition) is 1. The first-order valence-corrected chi connectivity index (χ1v) is 12.8. The van der Waals surface area contributed by atoms with Crippen molar-refractivity contribution in [2.75, 3.05) is 27.9 Å². The molecule has 34 heavy (non-hydrogen) atoms. The molecule has 3 rings (SSSR count). The summed E-state index contributed by atoms with van der Waals surface area (Å²) < 4.78 is 16.6. The fourth-order valence-electron chi connectivity index (χ4n) is 4.47. The molecule has 8 heteroatoms. The fraction of sp³-hybridized carbons (Fsp3) is 0.538. The first kappa shape index (κ1) is 25.9. The third-order valence-corrected chi connectivity index (χ3v) is 7.12. The lowest BCUT2D eigenvalue weighted by Crippen LogP contribution is -2.47. The van der Waals surface area contributed by atoms with Gasteiger partial charge in [0.15, 0.2) is 11.5 Å². The van der Waals surface area contributed by atoms with E-state index in [4.69, 9.17) is 14.2 Å². The number of methoxy groups -OCH3 is 3. The number of rotatable bonds is 12. The van der Waals surface area contributed by atoms with Gasteiger partial charge in [0, 0.05) is 17.5 Å². The quantitative estimate of drug-likeness (QED) is 0.467. The summed E-state index contributed by atoms with van der Waals surface area (Å²) in [5.74, 6) is 1.12.